The molecular weight excluding hydrogens is 1010 g/mol. The van der Waals surface area contributed by atoms with Crippen LogP contribution in [0.4, 0.5) is 0 Å². The molecule has 7 atom stereocenters. The van der Waals surface area contributed by atoms with Crippen LogP contribution in [0.1, 0.15) is 192 Å². The van der Waals surface area contributed by atoms with Crippen LogP contribution < -0.4 is 5.32 Å². The molecule has 1 heterocycles. The number of hydrogen-bond acceptors (Lipinski definition) is 14. The van der Waals surface area contributed by atoms with Gasteiger partial charge in [0, 0.05) is 6.61 Å². The quantitative estimate of drug-likeness (QED) is 0.0461. The number of carbonyl (C=O) groups excluding carboxylic acids is 1. The molecule has 80 heavy (non-hydrogen) atoms. The standard InChI is InChI=1S/C11H23BO2.C10H20BNO3.2C10H21BO2.C10H20O3.C9H19BO2/c1-9(2)13-8-6-11(5-7-12)14-10(3)4;1-7(2)14-6-10(15-8(3)4)12-9(13)5-11;1-8(2)12-7-10(5,6-11)13-9(3)4;1-8(2)12-7-10(5-6-11)13-9(3)4;1-7(2)12-9-5-11-6-10(9)13-8(3)4;1-7(2)11-6-9(5-10)12-8(3)4/h9-11H,5-8H2,1-4H3;7-8,10H,5-6H2,1-4H3,(H,12,13);8-9H,6-7H2,1-5H3;8-10H,5-7H2,1-4H3;7-10H,5-6H2,1-4H3;7-9H,5-6H2,1-4H3/t;;;;9-,10?;/m....1./s1. The molecule has 20 heteroatoms. The summed E-state index contributed by atoms with van der Waals surface area (Å²) >= 11 is 0. The Kier molecular flexibility index (Phi) is 61.7. The van der Waals surface area contributed by atoms with Crippen molar-refractivity contribution in [1.82, 2.24) is 5.32 Å². The van der Waals surface area contributed by atoms with Gasteiger partial charge in [-0.15, -0.1) is 0 Å². The molecule has 1 aliphatic rings. The highest BCUT2D eigenvalue weighted by Crippen LogP contribution is 2.19. The van der Waals surface area contributed by atoms with E-state index in [9.17, 15) is 4.79 Å². The zero-order valence-corrected chi connectivity index (χ0v) is 56.1. The van der Waals surface area contributed by atoms with Gasteiger partial charge in [-0.25, -0.2) is 0 Å². The Morgan fingerprint density at radius 2 is 0.850 bits per heavy atom. The second-order valence-corrected chi connectivity index (χ2v) is 23.3. The lowest BCUT2D eigenvalue weighted by molar-refractivity contribution is -0.129. The zero-order chi connectivity index (χ0) is 63.0. The maximum Gasteiger partial charge on any atom is 0.213 e. The van der Waals surface area contributed by atoms with E-state index in [0.717, 1.165) is 25.9 Å². The summed E-state index contributed by atoms with van der Waals surface area (Å²) in [6, 6.07) is 0. The number of hydrogen-bond donors (Lipinski definition) is 1. The predicted molar refractivity (Wildman–Crippen MR) is 336 cm³/mol. The summed E-state index contributed by atoms with van der Waals surface area (Å²) < 4.78 is 71.9. The molecule has 1 saturated heterocycles. The largest absolute Gasteiger partial charge is 0.379 e. The zero-order valence-electron chi connectivity index (χ0n) is 56.1. The van der Waals surface area contributed by atoms with E-state index in [-0.39, 0.29) is 115 Å². The summed E-state index contributed by atoms with van der Waals surface area (Å²) in [7, 11) is 27.3. The van der Waals surface area contributed by atoms with Crippen molar-refractivity contribution >= 4 is 45.1 Å². The van der Waals surface area contributed by atoms with Crippen LogP contribution in [0.25, 0.3) is 0 Å². The molecule has 0 spiro atoms. The summed E-state index contributed by atoms with van der Waals surface area (Å²) in [5.41, 5.74) is -0.349. The normalized spacial score (nSPS) is 16.7. The summed E-state index contributed by atoms with van der Waals surface area (Å²) in [6.45, 7) is 54.3. The van der Waals surface area contributed by atoms with Crippen molar-refractivity contribution in [2.75, 3.05) is 46.2 Å². The third-order valence-electron chi connectivity index (χ3n) is 9.83. The van der Waals surface area contributed by atoms with Gasteiger partial charge in [0.25, 0.3) is 0 Å². The van der Waals surface area contributed by atoms with E-state index < -0.39 is 6.23 Å². The number of carbonyl (C=O) groups is 1. The van der Waals surface area contributed by atoms with Gasteiger partial charge in [-0.05, 0) is 199 Å². The van der Waals surface area contributed by atoms with Gasteiger partial charge in [0.05, 0.1) is 176 Å². The lowest BCUT2D eigenvalue weighted by Crippen LogP contribution is -2.42. The molecule has 468 valence electrons. The summed E-state index contributed by atoms with van der Waals surface area (Å²) in [6.07, 6.45) is 7.80. The summed E-state index contributed by atoms with van der Waals surface area (Å²) in [4.78, 5) is 11.1. The van der Waals surface area contributed by atoms with Crippen LogP contribution in [0.5, 0.6) is 0 Å². The number of nitrogens with one attached hydrogen (secondary N) is 1. The Morgan fingerprint density at radius 1 is 0.463 bits per heavy atom. The smallest absolute Gasteiger partial charge is 0.213 e. The molecular formula is C60H124B5NO14. The van der Waals surface area contributed by atoms with Crippen molar-refractivity contribution in [1.29, 1.82) is 0 Å². The number of ether oxygens (including phenoxy) is 13. The third kappa shape index (κ3) is 66.4. The fourth-order valence-electron chi connectivity index (χ4n) is 6.68. The fourth-order valence-corrected chi connectivity index (χ4v) is 6.68. The molecule has 1 aliphatic heterocycles. The molecule has 0 bridgehead atoms. The highest BCUT2D eigenvalue weighted by atomic mass is 16.6. The molecule has 1 amide bonds. The SMILES string of the molecule is CC(C)OC1COC[C@H]1OC(C)C.[B]CC(=O)NC(COC(C)C)OC(C)C.[B]CC(C)(COC(C)C)OC(C)C.[B]CC(COC(C)C)OC(C)C.[B]CCC(CCOC(C)C)OC(C)C.[B]CCC(COC(C)C)OC(C)C. The van der Waals surface area contributed by atoms with Gasteiger partial charge in [-0.3, -0.25) is 4.79 Å². The first-order chi connectivity index (χ1) is 37.1. The lowest BCUT2D eigenvalue weighted by atomic mass is 9.88. The van der Waals surface area contributed by atoms with Gasteiger partial charge in [-0.1, -0.05) is 25.3 Å². The monoisotopic (exact) mass is 1140 g/mol. The molecule has 10 radical (unpaired) electrons. The van der Waals surface area contributed by atoms with Gasteiger partial charge < -0.3 is 66.9 Å². The fraction of sp³-hybridized carbons (Fsp3) is 0.983. The van der Waals surface area contributed by atoms with E-state index in [2.05, 4.69) is 5.32 Å². The van der Waals surface area contributed by atoms with E-state index in [1.807, 2.05) is 173 Å². The average Bonchev–Trinajstić information content (AvgIpc) is 3.75. The van der Waals surface area contributed by atoms with Crippen molar-refractivity contribution in [2.45, 2.75) is 340 Å². The molecule has 1 N–H and O–H groups in total. The molecule has 1 rings (SSSR count). The van der Waals surface area contributed by atoms with Crippen molar-refractivity contribution < 1.29 is 66.4 Å². The van der Waals surface area contributed by atoms with Crippen LogP contribution in [-0.4, -0.2) is 207 Å². The Balaban J connectivity index is -0.000000282. The first-order valence-electron chi connectivity index (χ1n) is 30.2. The summed E-state index contributed by atoms with van der Waals surface area (Å²) in [5, 5.41) is 2.64. The Bertz CT molecular complexity index is 1290. The minimum Gasteiger partial charge on any atom is -0.379 e. The first kappa shape index (κ1) is 88.0. The van der Waals surface area contributed by atoms with Gasteiger partial charge >= 0.3 is 0 Å². The van der Waals surface area contributed by atoms with Gasteiger partial charge in [0.15, 0.2) is 6.23 Å². The molecule has 0 aromatic heterocycles. The second-order valence-electron chi connectivity index (χ2n) is 23.3. The van der Waals surface area contributed by atoms with E-state index in [1.54, 1.807) is 0 Å². The molecule has 0 saturated carbocycles. The van der Waals surface area contributed by atoms with E-state index in [0.29, 0.717) is 71.0 Å². The van der Waals surface area contributed by atoms with E-state index >= 15 is 0 Å². The third-order valence-corrected chi connectivity index (χ3v) is 9.83. The van der Waals surface area contributed by atoms with Crippen molar-refractivity contribution in [3.63, 3.8) is 0 Å². The predicted octanol–water partition coefficient (Wildman–Crippen LogP) is 11.2. The molecule has 0 aliphatic carbocycles. The van der Waals surface area contributed by atoms with Crippen LogP contribution in [-0.2, 0) is 66.4 Å². The molecule has 1 fully saturated rings. The molecule has 15 nitrogen and oxygen atoms in total. The molecule has 0 aromatic rings. The Morgan fingerprint density at radius 3 is 1.20 bits per heavy atom. The van der Waals surface area contributed by atoms with E-state index in [4.69, 9.17) is 101 Å². The van der Waals surface area contributed by atoms with Crippen molar-refractivity contribution in [3.8, 4) is 0 Å². The van der Waals surface area contributed by atoms with Crippen LogP contribution >= 0.6 is 0 Å². The average molecular weight is 1140 g/mol. The van der Waals surface area contributed by atoms with Crippen molar-refractivity contribution in [2.24, 2.45) is 0 Å². The molecule has 6 unspecified atom stereocenters. The highest BCUT2D eigenvalue weighted by Gasteiger charge is 2.31. The Hall–Kier alpha value is -0.725. The van der Waals surface area contributed by atoms with Crippen molar-refractivity contribution in [3.05, 3.63) is 0 Å². The Labute approximate surface area is 500 Å². The van der Waals surface area contributed by atoms with Crippen LogP contribution in [0.15, 0.2) is 0 Å². The minimum atomic E-state index is -0.427. The van der Waals surface area contributed by atoms with Crippen LogP contribution in [0, 0.1) is 0 Å². The maximum atomic E-state index is 11.1. The van der Waals surface area contributed by atoms with E-state index in [1.165, 1.54) is 0 Å². The highest BCUT2D eigenvalue weighted by molar-refractivity contribution is 6.19. The lowest BCUT2D eigenvalue weighted by Gasteiger charge is -2.31. The van der Waals surface area contributed by atoms with Crippen LogP contribution in [0.2, 0.25) is 31.6 Å². The molecule has 0 aromatic carbocycles. The number of rotatable bonds is 38. The van der Waals surface area contributed by atoms with Gasteiger partial charge in [-0.2, -0.15) is 0 Å². The van der Waals surface area contributed by atoms with Gasteiger partial charge in [0.2, 0.25) is 5.91 Å². The topological polar surface area (TPSA) is 149 Å². The van der Waals surface area contributed by atoms with Gasteiger partial charge in [0.1, 0.15) is 12.2 Å². The second kappa shape index (κ2) is 56.1. The minimum absolute atomic E-state index is 0.0313. The maximum absolute atomic E-state index is 11.1. The first-order valence-corrected chi connectivity index (χ1v) is 30.2. The van der Waals surface area contributed by atoms with Crippen LogP contribution in [0.3, 0.4) is 0 Å². The summed E-state index contributed by atoms with van der Waals surface area (Å²) in [5.74, 6) is -0.243. The number of amides is 1.